The first-order valence-electron chi connectivity index (χ1n) is 9.13. The van der Waals surface area contributed by atoms with Gasteiger partial charge >= 0.3 is 6.03 Å². The van der Waals surface area contributed by atoms with Gasteiger partial charge in [0.1, 0.15) is 18.1 Å². The summed E-state index contributed by atoms with van der Waals surface area (Å²) in [6.07, 6.45) is 0.762. The Hall–Kier alpha value is -2.99. The number of halogens is 1. The zero-order chi connectivity index (χ0) is 19.5. The van der Waals surface area contributed by atoms with Crippen LogP contribution in [0.1, 0.15) is 17.0 Å². The van der Waals surface area contributed by atoms with Gasteiger partial charge in [0.2, 0.25) is 0 Å². The van der Waals surface area contributed by atoms with Crippen molar-refractivity contribution in [2.24, 2.45) is 7.05 Å². The molecule has 6 nitrogen and oxygen atoms in total. The Morgan fingerprint density at radius 2 is 1.93 bits per heavy atom. The molecule has 0 bridgehead atoms. The van der Waals surface area contributed by atoms with Gasteiger partial charge in [-0.05, 0) is 36.4 Å². The molecule has 144 valence electrons. The minimum Gasteiger partial charge on any atom is -0.487 e. The predicted octanol–water partition coefficient (Wildman–Crippen LogP) is 4.24. The van der Waals surface area contributed by atoms with Crippen LogP contribution in [0.4, 0.5) is 10.5 Å². The molecule has 2 heterocycles. The molecular formula is C21H21ClN4O2. The number of para-hydroxylation sites is 1. The quantitative estimate of drug-likeness (QED) is 0.717. The number of nitrogens with zero attached hydrogens (tertiary/aromatic N) is 3. The fourth-order valence-corrected chi connectivity index (χ4v) is 3.49. The molecule has 4 rings (SSSR count). The second-order valence-electron chi connectivity index (χ2n) is 6.71. The first-order valence-corrected chi connectivity index (χ1v) is 9.51. The Kier molecular flexibility index (Phi) is 5.21. The van der Waals surface area contributed by atoms with Crippen molar-refractivity contribution in [3.8, 4) is 5.75 Å². The van der Waals surface area contributed by atoms with Crippen molar-refractivity contribution in [2.75, 3.05) is 11.9 Å². The summed E-state index contributed by atoms with van der Waals surface area (Å²) in [6, 6.07) is 16.6. The molecule has 1 N–H and O–H groups in total. The van der Waals surface area contributed by atoms with Crippen molar-refractivity contribution < 1.29 is 9.53 Å². The number of carbonyl (C=O) groups excluding carboxylic acids is 1. The normalized spacial score (nSPS) is 13.1. The molecule has 0 atom stereocenters. The lowest BCUT2D eigenvalue weighted by Gasteiger charge is -2.28. The highest BCUT2D eigenvalue weighted by Gasteiger charge is 2.27. The van der Waals surface area contributed by atoms with Gasteiger partial charge in [0.05, 0.1) is 6.54 Å². The van der Waals surface area contributed by atoms with Crippen LogP contribution in [-0.2, 0) is 26.6 Å². The zero-order valence-corrected chi connectivity index (χ0v) is 16.3. The van der Waals surface area contributed by atoms with Crippen molar-refractivity contribution in [1.82, 2.24) is 14.7 Å². The summed E-state index contributed by atoms with van der Waals surface area (Å²) < 4.78 is 7.76. The van der Waals surface area contributed by atoms with Gasteiger partial charge in [-0.15, -0.1) is 0 Å². The molecule has 2 amide bonds. The van der Waals surface area contributed by atoms with Gasteiger partial charge in [0, 0.05) is 42.0 Å². The average Bonchev–Trinajstić information content (AvgIpc) is 3.04. The van der Waals surface area contributed by atoms with E-state index in [-0.39, 0.29) is 6.03 Å². The largest absolute Gasteiger partial charge is 0.487 e. The summed E-state index contributed by atoms with van der Waals surface area (Å²) >= 11 is 5.90. The molecule has 0 saturated carbocycles. The van der Waals surface area contributed by atoms with E-state index < -0.39 is 0 Å². The molecule has 0 spiro atoms. The van der Waals surface area contributed by atoms with Gasteiger partial charge in [0.25, 0.3) is 0 Å². The van der Waals surface area contributed by atoms with Crippen LogP contribution in [0.15, 0.2) is 54.6 Å². The molecular weight excluding hydrogens is 376 g/mol. The number of aryl methyl sites for hydroxylation is 1. The van der Waals surface area contributed by atoms with Crippen molar-refractivity contribution in [3.05, 3.63) is 76.6 Å². The molecule has 28 heavy (non-hydrogen) atoms. The van der Waals surface area contributed by atoms with Crippen LogP contribution in [0, 0.1) is 0 Å². The molecule has 3 aromatic rings. The van der Waals surface area contributed by atoms with Gasteiger partial charge in [-0.1, -0.05) is 29.8 Å². The van der Waals surface area contributed by atoms with Crippen LogP contribution >= 0.6 is 11.6 Å². The van der Waals surface area contributed by atoms with Crippen LogP contribution in [-0.4, -0.2) is 27.3 Å². The molecule has 0 aliphatic carbocycles. The number of fused-ring (bicyclic) bond motifs is 1. The van der Waals surface area contributed by atoms with Crippen molar-refractivity contribution >= 4 is 23.3 Å². The molecule has 7 heteroatoms. The number of hydrogen-bond acceptors (Lipinski definition) is 3. The second kappa shape index (κ2) is 7.94. The summed E-state index contributed by atoms with van der Waals surface area (Å²) in [6.45, 7) is 1.53. The smallest absolute Gasteiger partial charge is 0.322 e. The van der Waals surface area contributed by atoms with Crippen molar-refractivity contribution in [2.45, 2.75) is 19.6 Å². The third kappa shape index (κ3) is 3.97. The van der Waals surface area contributed by atoms with E-state index in [0.717, 1.165) is 34.8 Å². The highest BCUT2D eigenvalue weighted by Crippen LogP contribution is 2.24. The number of amides is 2. The number of anilines is 1. The number of carbonyl (C=O) groups is 1. The number of ether oxygens (including phenoxy) is 1. The first-order chi connectivity index (χ1) is 13.6. The summed E-state index contributed by atoms with van der Waals surface area (Å²) in [5.41, 5.74) is 3.81. The highest BCUT2D eigenvalue weighted by atomic mass is 35.5. The van der Waals surface area contributed by atoms with E-state index >= 15 is 0 Å². The Morgan fingerprint density at radius 3 is 2.68 bits per heavy atom. The van der Waals surface area contributed by atoms with E-state index in [0.29, 0.717) is 24.7 Å². The van der Waals surface area contributed by atoms with E-state index in [1.807, 2.05) is 42.1 Å². The number of rotatable bonds is 4. The van der Waals surface area contributed by atoms with Crippen molar-refractivity contribution in [1.29, 1.82) is 0 Å². The van der Waals surface area contributed by atoms with Crippen LogP contribution in [0.25, 0.3) is 0 Å². The molecule has 0 saturated heterocycles. The monoisotopic (exact) mass is 396 g/mol. The molecule has 0 fully saturated rings. The van der Waals surface area contributed by atoms with Gasteiger partial charge < -0.3 is 15.0 Å². The van der Waals surface area contributed by atoms with Gasteiger partial charge in [0.15, 0.2) is 0 Å². The Balaban J connectivity index is 1.46. The van der Waals surface area contributed by atoms with Crippen LogP contribution < -0.4 is 10.1 Å². The number of nitrogens with one attached hydrogen (secondary N) is 1. The zero-order valence-electron chi connectivity index (χ0n) is 15.6. The fourth-order valence-electron chi connectivity index (χ4n) is 3.36. The van der Waals surface area contributed by atoms with Crippen LogP contribution in [0.3, 0.4) is 0 Å². The molecule has 0 unspecified atom stereocenters. The fraction of sp³-hybridized carbons (Fsp3) is 0.238. The van der Waals surface area contributed by atoms with Crippen LogP contribution in [0.5, 0.6) is 5.75 Å². The number of urea groups is 1. The third-order valence-corrected chi connectivity index (χ3v) is 5.08. The summed E-state index contributed by atoms with van der Waals surface area (Å²) in [7, 11) is 1.94. The molecule has 2 aromatic carbocycles. The van der Waals surface area contributed by atoms with Gasteiger partial charge in [-0.2, -0.15) is 5.10 Å². The second-order valence-corrected chi connectivity index (χ2v) is 7.14. The number of benzene rings is 2. The number of hydrogen-bond donors (Lipinski definition) is 1. The Labute approximate surface area is 168 Å². The van der Waals surface area contributed by atoms with E-state index in [1.165, 1.54) is 0 Å². The van der Waals surface area contributed by atoms with E-state index in [4.69, 9.17) is 16.3 Å². The van der Waals surface area contributed by atoms with Crippen LogP contribution in [0.2, 0.25) is 5.02 Å². The molecule has 0 radical (unpaired) electrons. The lowest BCUT2D eigenvalue weighted by molar-refractivity contribution is 0.205. The Bertz CT molecular complexity index is 970. The first kappa shape index (κ1) is 18.4. The predicted molar refractivity (Wildman–Crippen MR) is 109 cm³/mol. The van der Waals surface area contributed by atoms with E-state index in [1.54, 1.807) is 29.2 Å². The SMILES string of the molecule is Cn1nc(COc2ccccc2)c2c1CCN(C(=O)Nc1ccc(Cl)cc1)C2. The minimum atomic E-state index is -0.133. The van der Waals surface area contributed by atoms with Crippen molar-refractivity contribution in [3.63, 3.8) is 0 Å². The topological polar surface area (TPSA) is 59.4 Å². The van der Waals surface area contributed by atoms with E-state index in [2.05, 4.69) is 10.4 Å². The molecule has 1 aliphatic heterocycles. The lowest BCUT2D eigenvalue weighted by Crippen LogP contribution is -2.39. The number of aromatic nitrogens is 2. The molecule has 1 aromatic heterocycles. The summed E-state index contributed by atoms with van der Waals surface area (Å²) in [5, 5.41) is 8.18. The van der Waals surface area contributed by atoms with Gasteiger partial charge in [-0.25, -0.2) is 4.79 Å². The summed E-state index contributed by atoms with van der Waals surface area (Å²) in [4.78, 5) is 14.5. The maximum absolute atomic E-state index is 12.7. The lowest BCUT2D eigenvalue weighted by atomic mass is 10.1. The maximum Gasteiger partial charge on any atom is 0.322 e. The highest BCUT2D eigenvalue weighted by molar-refractivity contribution is 6.30. The summed E-state index contributed by atoms with van der Waals surface area (Å²) in [5.74, 6) is 0.801. The Morgan fingerprint density at radius 1 is 1.18 bits per heavy atom. The van der Waals surface area contributed by atoms with Gasteiger partial charge in [-0.3, -0.25) is 4.68 Å². The third-order valence-electron chi connectivity index (χ3n) is 4.83. The minimum absolute atomic E-state index is 0.133. The van der Waals surface area contributed by atoms with E-state index in [9.17, 15) is 4.79 Å². The standard InChI is InChI=1S/C21H21ClN4O2/c1-25-20-11-12-26(21(27)23-16-9-7-15(22)8-10-16)13-18(20)19(24-25)14-28-17-5-3-2-4-6-17/h2-10H,11-14H2,1H3,(H,23,27). The maximum atomic E-state index is 12.7. The molecule has 1 aliphatic rings. The average molecular weight is 397 g/mol.